The quantitative estimate of drug-likeness (QED) is 0.283. The molecule has 0 atom stereocenters. The van der Waals surface area contributed by atoms with Crippen LogP contribution in [0.25, 0.3) is 0 Å². The van der Waals surface area contributed by atoms with Crippen LogP contribution in [-0.2, 0) is 21.7 Å². The van der Waals surface area contributed by atoms with Crippen LogP contribution in [0.4, 0.5) is 0 Å². The van der Waals surface area contributed by atoms with Crippen molar-refractivity contribution in [1.29, 1.82) is 0 Å². The largest absolute Gasteiger partial charge is 0.0820 e. The van der Waals surface area contributed by atoms with Gasteiger partial charge in [0.2, 0.25) is 0 Å². The molecule has 0 saturated heterocycles. The molecule has 0 heterocycles. The molecule has 0 aliphatic carbocycles. The lowest BCUT2D eigenvalue weighted by atomic mass is 9.79. The SMILES string of the molecule is C=C(C#Cc1cc(C(C)(C)C)cc(C(C)(C)C)c1)C(=C)C#Cc1cc(C(C)(C)C)cc(C(C)(C)C)c1. The molecular weight excluding hydrogens is 432 g/mol. The second-order valence-corrected chi connectivity index (χ2v) is 14.1. The highest BCUT2D eigenvalue weighted by Gasteiger charge is 2.21. The van der Waals surface area contributed by atoms with Gasteiger partial charge in [-0.15, -0.1) is 0 Å². The van der Waals surface area contributed by atoms with Gasteiger partial charge >= 0.3 is 0 Å². The van der Waals surface area contributed by atoms with Crippen LogP contribution in [0.2, 0.25) is 0 Å². The molecule has 36 heavy (non-hydrogen) atoms. The summed E-state index contributed by atoms with van der Waals surface area (Å²) in [6.07, 6.45) is 0. The summed E-state index contributed by atoms with van der Waals surface area (Å²) in [4.78, 5) is 0. The van der Waals surface area contributed by atoms with Crippen molar-refractivity contribution in [2.45, 2.75) is 105 Å². The van der Waals surface area contributed by atoms with E-state index in [0.717, 1.165) is 11.1 Å². The van der Waals surface area contributed by atoms with Crippen LogP contribution in [-0.4, -0.2) is 0 Å². The van der Waals surface area contributed by atoms with Gasteiger partial charge in [0.1, 0.15) is 0 Å². The molecule has 2 rings (SSSR count). The number of hydrogen-bond acceptors (Lipinski definition) is 0. The molecule has 0 bridgehead atoms. The van der Waals surface area contributed by atoms with E-state index in [1.165, 1.54) is 22.3 Å². The highest BCUT2D eigenvalue weighted by atomic mass is 14.3. The summed E-state index contributed by atoms with van der Waals surface area (Å²) in [6, 6.07) is 13.4. The Morgan fingerprint density at radius 3 is 0.861 bits per heavy atom. The lowest BCUT2D eigenvalue weighted by Crippen LogP contribution is -2.16. The van der Waals surface area contributed by atoms with E-state index in [0.29, 0.717) is 11.1 Å². The number of rotatable bonds is 1. The van der Waals surface area contributed by atoms with Crippen LogP contribution in [0.3, 0.4) is 0 Å². The van der Waals surface area contributed by atoms with Crippen LogP contribution >= 0.6 is 0 Å². The van der Waals surface area contributed by atoms with Crippen molar-refractivity contribution in [3.63, 3.8) is 0 Å². The molecule has 0 N–H and O–H groups in total. The summed E-state index contributed by atoms with van der Waals surface area (Å²) in [5, 5.41) is 0. The van der Waals surface area contributed by atoms with E-state index < -0.39 is 0 Å². The van der Waals surface area contributed by atoms with Gasteiger partial charge in [-0.2, -0.15) is 0 Å². The normalized spacial score (nSPS) is 12.2. The Balaban J connectivity index is 2.40. The highest BCUT2D eigenvalue weighted by Crippen LogP contribution is 2.31. The second-order valence-electron chi connectivity index (χ2n) is 14.1. The van der Waals surface area contributed by atoms with E-state index in [4.69, 9.17) is 0 Å². The van der Waals surface area contributed by atoms with Crippen molar-refractivity contribution in [2.75, 3.05) is 0 Å². The molecular formula is C36H46. The molecule has 0 amide bonds. The van der Waals surface area contributed by atoms with Gasteiger partial charge in [-0.3, -0.25) is 0 Å². The molecule has 2 aromatic rings. The maximum absolute atomic E-state index is 4.16. The standard InChI is InChI=1S/C36H46/c1-25(15-17-27-19-29(33(3,4)5)23-30(20-27)34(6,7)8)26(2)16-18-28-21-31(35(9,10)11)24-32(22-28)36(12,13)14/h19-24H,1-2H2,3-14H3. The van der Waals surface area contributed by atoms with Gasteiger partial charge < -0.3 is 0 Å². The summed E-state index contributed by atoms with van der Waals surface area (Å²) in [6.45, 7) is 35.2. The zero-order valence-corrected chi connectivity index (χ0v) is 24.9. The second kappa shape index (κ2) is 10.2. The molecule has 0 spiro atoms. The van der Waals surface area contributed by atoms with Gasteiger partial charge in [0.05, 0.1) is 0 Å². The average Bonchev–Trinajstić information content (AvgIpc) is 2.72. The Kier molecular flexibility index (Phi) is 8.29. The molecule has 0 aromatic heterocycles. The van der Waals surface area contributed by atoms with E-state index >= 15 is 0 Å². The minimum Gasteiger partial charge on any atom is -0.0820 e. The first-order valence-electron chi connectivity index (χ1n) is 12.9. The van der Waals surface area contributed by atoms with Crippen LogP contribution in [0.15, 0.2) is 60.7 Å². The molecule has 0 heteroatoms. The van der Waals surface area contributed by atoms with E-state index in [1.54, 1.807) is 0 Å². The van der Waals surface area contributed by atoms with E-state index in [2.05, 4.69) is 156 Å². The van der Waals surface area contributed by atoms with Crippen molar-refractivity contribution < 1.29 is 0 Å². The molecule has 0 aliphatic heterocycles. The molecule has 0 unspecified atom stereocenters. The Hall–Kier alpha value is -2.96. The number of benzene rings is 2. The monoisotopic (exact) mass is 478 g/mol. The fourth-order valence-corrected chi connectivity index (χ4v) is 3.58. The average molecular weight is 479 g/mol. The minimum absolute atomic E-state index is 0.0528. The maximum Gasteiger partial charge on any atom is 0.0327 e. The maximum atomic E-state index is 4.16. The third kappa shape index (κ3) is 8.04. The van der Waals surface area contributed by atoms with Crippen molar-refractivity contribution >= 4 is 0 Å². The van der Waals surface area contributed by atoms with Gasteiger partial charge in [0.25, 0.3) is 0 Å². The summed E-state index contributed by atoms with van der Waals surface area (Å²) in [5.74, 6) is 13.1. The molecule has 0 nitrogen and oxygen atoms in total. The zero-order chi connectivity index (χ0) is 27.7. The molecule has 0 fully saturated rings. The Morgan fingerprint density at radius 2 is 0.667 bits per heavy atom. The van der Waals surface area contributed by atoms with E-state index in [1.807, 2.05) is 0 Å². The van der Waals surface area contributed by atoms with Gasteiger partial charge in [-0.05, 0) is 68.2 Å². The summed E-state index contributed by atoms with van der Waals surface area (Å²) < 4.78 is 0. The Bertz CT molecular complexity index is 1110. The molecule has 0 saturated carbocycles. The van der Waals surface area contributed by atoms with Crippen LogP contribution in [0, 0.1) is 23.7 Å². The van der Waals surface area contributed by atoms with Crippen LogP contribution in [0.1, 0.15) is 116 Å². The Morgan fingerprint density at radius 1 is 0.444 bits per heavy atom. The summed E-state index contributed by atoms with van der Waals surface area (Å²) >= 11 is 0. The van der Waals surface area contributed by atoms with Crippen LogP contribution in [0.5, 0.6) is 0 Å². The van der Waals surface area contributed by atoms with Gasteiger partial charge in [0.15, 0.2) is 0 Å². The molecule has 2 aromatic carbocycles. The zero-order valence-electron chi connectivity index (χ0n) is 24.9. The van der Waals surface area contributed by atoms with E-state index in [9.17, 15) is 0 Å². The Labute approximate surface area is 222 Å². The first-order chi connectivity index (χ1) is 16.2. The third-order valence-electron chi connectivity index (χ3n) is 6.41. The fraction of sp³-hybridized carbons (Fsp3) is 0.444. The highest BCUT2D eigenvalue weighted by molar-refractivity contribution is 5.57. The third-order valence-corrected chi connectivity index (χ3v) is 6.41. The summed E-state index contributed by atoms with van der Waals surface area (Å²) in [5.41, 5.74) is 8.68. The van der Waals surface area contributed by atoms with Crippen LogP contribution < -0.4 is 0 Å². The predicted octanol–water partition coefficient (Wildman–Crippen LogP) is 9.39. The molecule has 0 aliphatic rings. The lowest BCUT2D eigenvalue weighted by molar-refractivity contribution is 0.567. The van der Waals surface area contributed by atoms with Crippen molar-refractivity contribution in [3.8, 4) is 23.7 Å². The van der Waals surface area contributed by atoms with Crippen molar-refractivity contribution in [3.05, 3.63) is 94.1 Å². The van der Waals surface area contributed by atoms with Crippen molar-refractivity contribution in [2.24, 2.45) is 0 Å². The van der Waals surface area contributed by atoms with Gasteiger partial charge in [0, 0.05) is 22.3 Å². The topological polar surface area (TPSA) is 0 Å². The minimum atomic E-state index is 0.0528. The number of hydrogen-bond donors (Lipinski definition) is 0. The first-order valence-corrected chi connectivity index (χ1v) is 12.9. The fourth-order valence-electron chi connectivity index (χ4n) is 3.58. The smallest absolute Gasteiger partial charge is 0.0327 e. The van der Waals surface area contributed by atoms with Crippen molar-refractivity contribution in [1.82, 2.24) is 0 Å². The van der Waals surface area contributed by atoms with Gasteiger partial charge in [-0.1, -0.05) is 132 Å². The summed E-state index contributed by atoms with van der Waals surface area (Å²) in [7, 11) is 0. The van der Waals surface area contributed by atoms with Gasteiger partial charge in [-0.25, -0.2) is 0 Å². The van der Waals surface area contributed by atoms with E-state index in [-0.39, 0.29) is 21.7 Å². The number of allylic oxidation sites excluding steroid dienone is 2. The lowest BCUT2D eigenvalue weighted by Gasteiger charge is -2.25. The molecule has 0 radical (unpaired) electrons. The predicted molar refractivity (Wildman–Crippen MR) is 160 cm³/mol. The molecule has 190 valence electrons. The first kappa shape index (κ1) is 29.3.